The second-order valence-electron chi connectivity index (χ2n) is 5.25. The molecule has 0 aliphatic heterocycles. The highest BCUT2D eigenvalue weighted by Crippen LogP contribution is 2.34. The highest BCUT2D eigenvalue weighted by Gasteiger charge is 2.30. The van der Waals surface area contributed by atoms with Gasteiger partial charge in [0.1, 0.15) is 4.88 Å². The topological polar surface area (TPSA) is 95.6 Å². The molecule has 0 spiro atoms. The molecule has 0 saturated heterocycles. The first-order valence-corrected chi connectivity index (χ1v) is 7.61. The van der Waals surface area contributed by atoms with Gasteiger partial charge in [-0.1, -0.05) is 19.1 Å². The van der Waals surface area contributed by atoms with Crippen molar-refractivity contribution in [2.75, 3.05) is 18.9 Å². The zero-order valence-corrected chi connectivity index (χ0v) is 13.0. The number of benzene rings is 1. The summed E-state index contributed by atoms with van der Waals surface area (Å²) in [6, 6.07) is 5.83. The van der Waals surface area contributed by atoms with Crippen molar-refractivity contribution in [2.24, 2.45) is 0 Å². The smallest absolute Gasteiger partial charge is 0.264 e. The molecule has 1 heterocycles. The third-order valence-corrected chi connectivity index (χ3v) is 4.92. The van der Waals surface area contributed by atoms with Crippen molar-refractivity contribution in [3.05, 3.63) is 28.6 Å². The Hall–Kier alpha value is -1.63. The van der Waals surface area contributed by atoms with Crippen LogP contribution in [0.2, 0.25) is 0 Å². The third kappa shape index (κ3) is 2.88. The summed E-state index contributed by atoms with van der Waals surface area (Å²) in [7, 11) is 0. The molecule has 114 valence electrons. The highest BCUT2D eigenvalue weighted by molar-refractivity contribution is 7.21. The average Bonchev–Trinajstić information content (AvgIpc) is 2.81. The number of nitrogen functional groups attached to an aromatic ring is 1. The van der Waals surface area contributed by atoms with Gasteiger partial charge >= 0.3 is 0 Å². The molecule has 2 aromatic rings. The molecule has 1 aromatic carbocycles. The minimum Gasteiger partial charge on any atom is -0.397 e. The number of aliphatic hydroxyl groups excluding tert-OH is 2. The number of fused-ring (bicyclic) bond motifs is 1. The van der Waals surface area contributed by atoms with Gasteiger partial charge in [0.05, 0.1) is 24.4 Å². The van der Waals surface area contributed by atoms with Gasteiger partial charge in [-0.25, -0.2) is 0 Å². The van der Waals surface area contributed by atoms with E-state index < -0.39 is 5.54 Å². The number of nitrogens with one attached hydrogen (secondary N) is 1. The van der Waals surface area contributed by atoms with Crippen molar-refractivity contribution in [3.63, 3.8) is 0 Å². The summed E-state index contributed by atoms with van der Waals surface area (Å²) in [5.41, 5.74) is 6.58. The van der Waals surface area contributed by atoms with Crippen LogP contribution in [0.4, 0.5) is 5.69 Å². The Morgan fingerprint density at radius 1 is 1.38 bits per heavy atom. The third-order valence-electron chi connectivity index (χ3n) is 3.75. The zero-order chi connectivity index (χ0) is 15.6. The number of nitrogens with two attached hydrogens (primary N) is 1. The highest BCUT2D eigenvalue weighted by atomic mass is 32.1. The first-order valence-electron chi connectivity index (χ1n) is 6.79. The summed E-state index contributed by atoms with van der Waals surface area (Å²) in [6.45, 7) is 3.13. The van der Waals surface area contributed by atoms with E-state index in [1.165, 1.54) is 11.3 Å². The Labute approximate surface area is 127 Å². The first-order chi connectivity index (χ1) is 9.96. The molecule has 0 fully saturated rings. The van der Waals surface area contributed by atoms with E-state index in [0.29, 0.717) is 17.0 Å². The number of carbonyl (C=O) groups excluding carboxylic acids is 1. The van der Waals surface area contributed by atoms with E-state index in [4.69, 9.17) is 5.73 Å². The lowest BCUT2D eigenvalue weighted by atomic mass is 9.98. The van der Waals surface area contributed by atoms with Crippen LogP contribution in [0.1, 0.15) is 28.6 Å². The summed E-state index contributed by atoms with van der Waals surface area (Å²) >= 11 is 1.32. The van der Waals surface area contributed by atoms with E-state index in [0.717, 1.165) is 15.6 Å². The molecule has 1 aromatic heterocycles. The normalized spacial score (nSPS) is 11.8. The predicted octanol–water partition coefficient (Wildman–Crippen LogP) is 1.66. The molecule has 5 nitrogen and oxygen atoms in total. The van der Waals surface area contributed by atoms with Gasteiger partial charge in [0.2, 0.25) is 0 Å². The van der Waals surface area contributed by atoms with Crippen molar-refractivity contribution in [1.29, 1.82) is 0 Å². The van der Waals surface area contributed by atoms with Crippen molar-refractivity contribution < 1.29 is 15.0 Å². The van der Waals surface area contributed by atoms with Crippen molar-refractivity contribution >= 4 is 33.0 Å². The van der Waals surface area contributed by atoms with Gasteiger partial charge in [0.15, 0.2) is 0 Å². The molecule has 1 amide bonds. The van der Waals surface area contributed by atoms with Crippen LogP contribution in [0.5, 0.6) is 0 Å². The van der Waals surface area contributed by atoms with Crippen molar-refractivity contribution in [2.45, 2.75) is 25.8 Å². The van der Waals surface area contributed by atoms with E-state index >= 15 is 0 Å². The molecule has 0 unspecified atom stereocenters. The molecule has 0 aliphatic carbocycles. The molecule has 0 radical (unpaired) electrons. The molecule has 5 N–H and O–H groups in total. The summed E-state index contributed by atoms with van der Waals surface area (Å²) in [6.07, 6.45) is 0.426. The second kappa shape index (κ2) is 6.01. The van der Waals surface area contributed by atoms with Crippen LogP contribution in [0.3, 0.4) is 0 Å². The van der Waals surface area contributed by atoms with Gasteiger partial charge in [0.25, 0.3) is 5.91 Å². The molecule has 21 heavy (non-hydrogen) atoms. The van der Waals surface area contributed by atoms with E-state index in [2.05, 4.69) is 5.32 Å². The Morgan fingerprint density at radius 3 is 2.62 bits per heavy atom. The van der Waals surface area contributed by atoms with Crippen LogP contribution < -0.4 is 11.1 Å². The summed E-state index contributed by atoms with van der Waals surface area (Å²) in [4.78, 5) is 12.8. The first kappa shape index (κ1) is 15.8. The van der Waals surface area contributed by atoms with Crippen LogP contribution in [-0.2, 0) is 0 Å². The van der Waals surface area contributed by atoms with Gasteiger partial charge < -0.3 is 21.3 Å². The predicted molar refractivity (Wildman–Crippen MR) is 85.6 cm³/mol. The van der Waals surface area contributed by atoms with E-state index in [1.54, 1.807) is 6.92 Å². The maximum atomic E-state index is 12.4. The van der Waals surface area contributed by atoms with Crippen LogP contribution in [-0.4, -0.2) is 34.9 Å². The van der Waals surface area contributed by atoms with E-state index in [-0.39, 0.29) is 19.1 Å². The molecule has 0 saturated carbocycles. The Balaban J connectivity index is 2.37. The minimum absolute atomic E-state index is 0.324. The number of aliphatic hydroxyl groups is 2. The van der Waals surface area contributed by atoms with Crippen LogP contribution in [0, 0.1) is 6.92 Å². The number of rotatable bonds is 5. The SMILES string of the molecule is CCC(CO)(CO)NC(=O)c1sc2cc(C)ccc2c1N. The van der Waals surface area contributed by atoms with Crippen LogP contribution in [0.15, 0.2) is 18.2 Å². The van der Waals surface area contributed by atoms with E-state index in [9.17, 15) is 15.0 Å². The number of hydrogen-bond donors (Lipinski definition) is 4. The second-order valence-corrected chi connectivity index (χ2v) is 6.30. The Morgan fingerprint density at radius 2 is 2.05 bits per heavy atom. The average molecular weight is 308 g/mol. The van der Waals surface area contributed by atoms with Crippen molar-refractivity contribution in [1.82, 2.24) is 5.32 Å². The molecular formula is C15H20N2O3S. The summed E-state index contributed by atoms with van der Waals surface area (Å²) in [5, 5.41) is 22.4. The number of hydrogen-bond acceptors (Lipinski definition) is 5. The standard InChI is InChI=1S/C15H20N2O3S/c1-3-15(7-18,8-19)17-14(20)13-12(16)10-5-4-9(2)6-11(10)21-13/h4-6,18-19H,3,7-8,16H2,1-2H3,(H,17,20). The van der Waals surface area contributed by atoms with Gasteiger partial charge in [-0.15, -0.1) is 11.3 Å². The maximum absolute atomic E-state index is 12.4. The summed E-state index contributed by atoms with van der Waals surface area (Å²) < 4.78 is 0.952. The maximum Gasteiger partial charge on any atom is 0.264 e. The minimum atomic E-state index is -1.02. The number of anilines is 1. The van der Waals surface area contributed by atoms with E-state index in [1.807, 2.05) is 25.1 Å². The number of aryl methyl sites for hydroxylation is 1. The largest absolute Gasteiger partial charge is 0.397 e. The zero-order valence-electron chi connectivity index (χ0n) is 12.1. The fourth-order valence-electron chi connectivity index (χ4n) is 2.13. The fraction of sp³-hybridized carbons (Fsp3) is 0.400. The van der Waals surface area contributed by atoms with Crippen LogP contribution in [0.25, 0.3) is 10.1 Å². The number of thiophene rings is 1. The molecule has 2 rings (SSSR count). The van der Waals surface area contributed by atoms with Crippen LogP contribution >= 0.6 is 11.3 Å². The van der Waals surface area contributed by atoms with Gasteiger partial charge in [-0.3, -0.25) is 4.79 Å². The molecule has 0 bridgehead atoms. The quantitative estimate of drug-likeness (QED) is 0.675. The number of carbonyl (C=O) groups is 1. The lowest BCUT2D eigenvalue weighted by Crippen LogP contribution is -2.53. The monoisotopic (exact) mass is 308 g/mol. The molecule has 0 atom stereocenters. The Bertz CT molecular complexity index is 654. The lowest BCUT2D eigenvalue weighted by Gasteiger charge is -2.29. The van der Waals surface area contributed by atoms with Gasteiger partial charge in [-0.2, -0.15) is 0 Å². The summed E-state index contributed by atoms with van der Waals surface area (Å²) in [5.74, 6) is -0.365. The lowest BCUT2D eigenvalue weighted by molar-refractivity contribution is 0.0657. The molecule has 0 aliphatic rings. The molecule has 6 heteroatoms. The van der Waals surface area contributed by atoms with Gasteiger partial charge in [-0.05, 0) is 25.0 Å². The van der Waals surface area contributed by atoms with Crippen molar-refractivity contribution in [3.8, 4) is 0 Å². The number of amides is 1. The van der Waals surface area contributed by atoms with Gasteiger partial charge in [0, 0.05) is 10.1 Å². The molecular weight excluding hydrogens is 288 g/mol. The fourth-order valence-corrected chi connectivity index (χ4v) is 3.25. The Kier molecular flexibility index (Phi) is 4.51.